The van der Waals surface area contributed by atoms with Gasteiger partial charge in [0, 0.05) is 33.5 Å². The molecule has 1 saturated heterocycles. The number of hydrogen-bond acceptors (Lipinski definition) is 6. The summed E-state index contributed by atoms with van der Waals surface area (Å²) >= 11 is 0. The molecule has 2 unspecified atom stereocenters. The van der Waals surface area contributed by atoms with Crippen LogP contribution in [0.15, 0.2) is 30.3 Å². The monoisotopic (exact) mass is 546 g/mol. The first-order valence-electron chi connectivity index (χ1n) is 13.9. The lowest BCUT2D eigenvalue weighted by atomic mass is 9.91. The van der Waals surface area contributed by atoms with Crippen LogP contribution in [0.5, 0.6) is 0 Å². The quantitative estimate of drug-likeness (QED) is 0.507. The van der Waals surface area contributed by atoms with Gasteiger partial charge in [0.25, 0.3) is 5.91 Å². The van der Waals surface area contributed by atoms with Crippen molar-refractivity contribution < 1.29 is 28.8 Å². The van der Waals surface area contributed by atoms with Crippen molar-refractivity contribution in [1.82, 2.24) is 20.6 Å². The number of carbonyl (C=O) groups is 4. The predicted octanol–water partition coefficient (Wildman–Crippen LogP) is 3.30. The van der Waals surface area contributed by atoms with Gasteiger partial charge in [0.05, 0.1) is 7.11 Å². The Labute approximate surface area is 232 Å². The molecule has 218 valence electrons. The Hall–Kier alpha value is -3.14. The van der Waals surface area contributed by atoms with Gasteiger partial charge in [0.2, 0.25) is 11.8 Å². The minimum absolute atomic E-state index is 0.0853. The summed E-state index contributed by atoms with van der Waals surface area (Å²) in [5, 5.41) is 6.58. The molecule has 1 aliphatic rings. The maximum absolute atomic E-state index is 13.5. The largest absolute Gasteiger partial charge is 0.446 e. The molecule has 1 aromatic rings. The van der Waals surface area contributed by atoms with Crippen molar-refractivity contribution in [2.24, 2.45) is 11.8 Å². The highest BCUT2D eigenvalue weighted by Crippen LogP contribution is 2.22. The third-order valence-electron chi connectivity index (χ3n) is 6.98. The van der Waals surface area contributed by atoms with Crippen molar-refractivity contribution in [2.75, 3.05) is 28.3 Å². The highest BCUT2D eigenvalue weighted by molar-refractivity contribution is 5.91. The van der Waals surface area contributed by atoms with Gasteiger partial charge in [-0.15, -0.1) is 0 Å². The van der Waals surface area contributed by atoms with Crippen LogP contribution in [0, 0.1) is 11.8 Å². The van der Waals surface area contributed by atoms with Crippen LogP contribution in [0.25, 0.3) is 0 Å². The summed E-state index contributed by atoms with van der Waals surface area (Å²) in [4.78, 5) is 59.3. The fourth-order valence-electron chi connectivity index (χ4n) is 4.84. The van der Waals surface area contributed by atoms with Crippen LogP contribution in [-0.2, 0) is 30.4 Å². The van der Waals surface area contributed by atoms with E-state index in [0.29, 0.717) is 25.7 Å². The number of carbonyl (C=O) groups excluding carboxylic acids is 4. The third kappa shape index (κ3) is 10.9. The lowest BCUT2D eigenvalue weighted by molar-refractivity contribution is -0.172. The van der Waals surface area contributed by atoms with Gasteiger partial charge in [-0.2, -0.15) is 0 Å². The van der Waals surface area contributed by atoms with E-state index in [2.05, 4.69) is 10.6 Å². The summed E-state index contributed by atoms with van der Waals surface area (Å²) in [5.41, 5.74) is 1.06. The van der Waals surface area contributed by atoms with Crippen LogP contribution in [0.1, 0.15) is 64.4 Å². The molecular formula is C29H46N4O6. The number of cyclic esters (lactones) is 1. The van der Waals surface area contributed by atoms with Crippen molar-refractivity contribution in [3.05, 3.63) is 35.9 Å². The highest BCUT2D eigenvalue weighted by Gasteiger charge is 2.34. The lowest BCUT2D eigenvalue weighted by Gasteiger charge is -2.29. The number of amides is 4. The molecule has 0 saturated carbocycles. The smallest absolute Gasteiger partial charge is 0.408 e. The van der Waals surface area contributed by atoms with E-state index in [1.165, 1.54) is 19.1 Å². The van der Waals surface area contributed by atoms with Gasteiger partial charge in [0.15, 0.2) is 0 Å². The molecule has 1 heterocycles. The Bertz CT molecular complexity index is 939. The number of hydrogen-bond donors (Lipinski definition) is 2. The molecule has 0 radical (unpaired) electrons. The summed E-state index contributed by atoms with van der Waals surface area (Å²) in [7, 11) is 6.20. The van der Waals surface area contributed by atoms with E-state index >= 15 is 0 Å². The summed E-state index contributed by atoms with van der Waals surface area (Å²) in [5.74, 6) is -1.44. The Kier molecular flexibility index (Phi) is 13.2. The zero-order valence-corrected chi connectivity index (χ0v) is 24.3. The molecular weight excluding hydrogens is 500 g/mol. The average Bonchev–Trinajstić information content (AvgIpc) is 2.89. The normalized spacial score (nSPS) is 23.5. The summed E-state index contributed by atoms with van der Waals surface area (Å²) < 4.78 is 5.83. The van der Waals surface area contributed by atoms with Gasteiger partial charge in [0.1, 0.15) is 18.2 Å². The molecule has 4 amide bonds. The van der Waals surface area contributed by atoms with E-state index in [-0.39, 0.29) is 24.3 Å². The fourth-order valence-corrected chi connectivity index (χ4v) is 4.84. The Morgan fingerprint density at radius 1 is 1.00 bits per heavy atom. The van der Waals surface area contributed by atoms with Crippen LogP contribution in [-0.4, -0.2) is 80.2 Å². The van der Waals surface area contributed by atoms with Gasteiger partial charge >= 0.3 is 6.09 Å². The standard InChI is InChI=1S/C29H46N4O6/c1-20(2)17-24-26(34)30-25(28(36)33(5)38-6)19-22(27(35)32(3)4)15-11-8-12-16-23(39-29(37)31-24)18-21-13-9-7-10-14-21/h7,9-10,13-14,20,22-25H,8,11-12,15-19H2,1-6H3,(H,30,34)(H,31,37)/t22?,23?,24-,25+/m0/s1. The molecule has 2 rings (SSSR count). The number of likely N-dealkylation sites (N-methyl/N-ethyl adjacent to an activating group) is 1. The minimum Gasteiger partial charge on any atom is -0.446 e. The van der Waals surface area contributed by atoms with Crippen molar-refractivity contribution >= 4 is 23.8 Å². The Morgan fingerprint density at radius 2 is 1.67 bits per heavy atom. The summed E-state index contributed by atoms with van der Waals surface area (Å²) in [6.45, 7) is 3.89. The van der Waals surface area contributed by atoms with Crippen molar-refractivity contribution in [2.45, 2.75) is 83.4 Å². The number of alkyl carbamates (subject to hydrolysis) is 1. The lowest BCUT2D eigenvalue weighted by Crippen LogP contribution is -2.55. The molecule has 1 aromatic carbocycles. The van der Waals surface area contributed by atoms with E-state index in [1.54, 1.807) is 14.1 Å². The second-order valence-electron chi connectivity index (χ2n) is 10.9. The maximum atomic E-state index is 13.5. The van der Waals surface area contributed by atoms with Gasteiger partial charge in [-0.1, -0.05) is 57.0 Å². The topological polar surface area (TPSA) is 117 Å². The van der Waals surface area contributed by atoms with Gasteiger partial charge in [-0.05, 0) is 43.6 Å². The molecule has 0 aromatic heterocycles. The van der Waals surface area contributed by atoms with Crippen LogP contribution < -0.4 is 10.6 Å². The average molecular weight is 547 g/mol. The molecule has 0 aliphatic carbocycles. The maximum Gasteiger partial charge on any atom is 0.408 e. The Balaban J connectivity index is 2.36. The molecule has 1 aliphatic heterocycles. The first kappa shape index (κ1) is 32.1. The van der Waals surface area contributed by atoms with Crippen LogP contribution in [0.4, 0.5) is 4.79 Å². The van der Waals surface area contributed by atoms with Crippen LogP contribution in [0.3, 0.4) is 0 Å². The zero-order chi connectivity index (χ0) is 28.9. The zero-order valence-electron chi connectivity index (χ0n) is 24.3. The van der Waals surface area contributed by atoms with E-state index in [4.69, 9.17) is 9.57 Å². The number of ether oxygens (including phenoxy) is 1. The molecule has 1 fully saturated rings. The molecule has 10 nitrogen and oxygen atoms in total. The number of nitrogens with zero attached hydrogens (tertiary/aromatic N) is 2. The van der Waals surface area contributed by atoms with E-state index in [0.717, 1.165) is 29.9 Å². The SMILES string of the molecule is CON(C)C(=O)[C@H]1CC(C(=O)N(C)C)CCCCCC(Cc2ccccc2)OC(=O)N[C@@H](CC(C)C)C(=O)N1. The van der Waals surface area contributed by atoms with Crippen molar-refractivity contribution in [1.29, 1.82) is 0 Å². The second kappa shape index (κ2) is 16.1. The molecule has 0 spiro atoms. The first-order chi connectivity index (χ1) is 18.5. The molecule has 2 N–H and O–H groups in total. The number of rotatable bonds is 7. The predicted molar refractivity (Wildman–Crippen MR) is 148 cm³/mol. The van der Waals surface area contributed by atoms with Crippen LogP contribution >= 0.6 is 0 Å². The molecule has 4 atom stereocenters. The van der Waals surface area contributed by atoms with Gasteiger partial charge in [-0.25, -0.2) is 9.86 Å². The molecule has 10 heteroatoms. The van der Waals surface area contributed by atoms with E-state index in [1.807, 2.05) is 44.2 Å². The fraction of sp³-hybridized carbons (Fsp3) is 0.655. The van der Waals surface area contributed by atoms with E-state index in [9.17, 15) is 19.2 Å². The van der Waals surface area contributed by atoms with E-state index < -0.39 is 35.9 Å². The summed E-state index contributed by atoms with van der Waals surface area (Å²) in [6.07, 6.45) is 3.68. The second-order valence-corrected chi connectivity index (χ2v) is 10.9. The molecule has 0 bridgehead atoms. The number of benzene rings is 1. The minimum atomic E-state index is -1.00. The van der Waals surface area contributed by atoms with Crippen molar-refractivity contribution in [3.63, 3.8) is 0 Å². The van der Waals surface area contributed by atoms with Crippen LogP contribution in [0.2, 0.25) is 0 Å². The number of nitrogens with one attached hydrogen (secondary N) is 2. The Morgan fingerprint density at radius 3 is 2.28 bits per heavy atom. The number of hydroxylamine groups is 2. The van der Waals surface area contributed by atoms with Crippen molar-refractivity contribution in [3.8, 4) is 0 Å². The van der Waals surface area contributed by atoms with Gasteiger partial charge in [-0.3, -0.25) is 19.2 Å². The first-order valence-corrected chi connectivity index (χ1v) is 13.9. The third-order valence-corrected chi connectivity index (χ3v) is 6.98. The van der Waals surface area contributed by atoms with Gasteiger partial charge < -0.3 is 20.3 Å². The highest BCUT2D eigenvalue weighted by atomic mass is 16.7. The molecule has 39 heavy (non-hydrogen) atoms. The summed E-state index contributed by atoms with van der Waals surface area (Å²) in [6, 6.07) is 7.92.